The Morgan fingerprint density at radius 3 is 2.50 bits per heavy atom. The van der Waals surface area contributed by atoms with Crippen molar-refractivity contribution in [3.05, 3.63) is 28.8 Å². The maximum absolute atomic E-state index is 5.28. The minimum Gasteiger partial charge on any atom is -0.496 e. The predicted octanol–water partition coefficient (Wildman–Crippen LogP) is 1.96. The first-order valence-corrected chi connectivity index (χ1v) is 4.59. The second kappa shape index (κ2) is 4.98. The molecular formula is C11H17NO2. The van der Waals surface area contributed by atoms with Crippen LogP contribution in [0, 0.1) is 13.8 Å². The SMILES string of the molecule is CONCc1cc(C)c(C)c(OC)c1. The predicted molar refractivity (Wildman–Crippen MR) is 56.3 cm³/mol. The summed E-state index contributed by atoms with van der Waals surface area (Å²) < 4.78 is 5.28. The van der Waals surface area contributed by atoms with Crippen LogP contribution in [-0.2, 0) is 11.4 Å². The average molecular weight is 195 g/mol. The third-order valence-electron chi connectivity index (χ3n) is 2.32. The van der Waals surface area contributed by atoms with E-state index in [-0.39, 0.29) is 0 Å². The molecule has 0 amide bonds. The van der Waals surface area contributed by atoms with Crippen LogP contribution in [-0.4, -0.2) is 14.2 Å². The van der Waals surface area contributed by atoms with Crippen molar-refractivity contribution < 1.29 is 9.57 Å². The fourth-order valence-electron chi connectivity index (χ4n) is 1.37. The van der Waals surface area contributed by atoms with Gasteiger partial charge in [-0.25, -0.2) is 0 Å². The van der Waals surface area contributed by atoms with Gasteiger partial charge in [0.25, 0.3) is 0 Å². The molecule has 0 saturated heterocycles. The Labute approximate surface area is 85.0 Å². The van der Waals surface area contributed by atoms with E-state index in [4.69, 9.17) is 9.57 Å². The van der Waals surface area contributed by atoms with Crippen molar-refractivity contribution in [2.75, 3.05) is 14.2 Å². The molecule has 0 aliphatic heterocycles. The lowest BCUT2D eigenvalue weighted by Gasteiger charge is -2.11. The number of ether oxygens (including phenoxy) is 1. The molecule has 1 aromatic rings. The first kappa shape index (κ1) is 11.0. The van der Waals surface area contributed by atoms with Crippen LogP contribution in [0.15, 0.2) is 12.1 Å². The van der Waals surface area contributed by atoms with Crippen LogP contribution in [0.5, 0.6) is 5.75 Å². The average Bonchev–Trinajstić information content (AvgIpc) is 2.19. The van der Waals surface area contributed by atoms with E-state index in [9.17, 15) is 0 Å². The van der Waals surface area contributed by atoms with Crippen LogP contribution in [0.2, 0.25) is 0 Å². The lowest BCUT2D eigenvalue weighted by molar-refractivity contribution is 0.0866. The zero-order valence-corrected chi connectivity index (χ0v) is 9.18. The Balaban J connectivity index is 2.91. The van der Waals surface area contributed by atoms with Crippen molar-refractivity contribution >= 4 is 0 Å². The molecule has 3 nitrogen and oxygen atoms in total. The van der Waals surface area contributed by atoms with Gasteiger partial charge in [0.1, 0.15) is 5.75 Å². The van der Waals surface area contributed by atoms with E-state index in [2.05, 4.69) is 25.4 Å². The number of hydrogen-bond donors (Lipinski definition) is 1. The van der Waals surface area contributed by atoms with Crippen LogP contribution in [0.4, 0.5) is 0 Å². The number of hydroxylamine groups is 1. The zero-order chi connectivity index (χ0) is 10.6. The molecule has 0 spiro atoms. The van der Waals surface area contributed by atoms with E-state index in [1.807, 2.05) is 6.07 Å². The molecule has 78 valence electrons. The maximum Gasteiger partial charge on any atom is 0.122 e. The molecular weight excluding hydrogens is 178 g/mol. The second-order valence-electron chi connectivity index (χ2n) is 3.27. The van der Waals surface area contributed by atoms with Gasteiger partial charge >= 0.3 is 0 Å². The van der Waals surface area contributed by atoms with Crippen LogP contribution in [0.25, 0.3) is 0 Å². The molecule has 0 bridgehead atoms. The van der Waals surface area contributed by atoms with Gasteiger partial charge in [0.05, 0.1) is 14.2 Å². The fraction of sp³-hybridized carbons (Fsp3) is 0.455. The Bertz CT molecular complexity index is 310. The van der Waals surface area contributed by atoms with Crippen LogP contribution in [0.1, 0.15) is 16.7 Å². The van der Waals surface area contributed by atoms with E-state index in [0.29, 0.717) is 6.54 Å². The highest BCUT2D eigenvalue weighted by Crippen LogP contribution is 2.22. The molecule has 1 aromatic carbocycles. The minimum absolute atomic E-state index is 0.688. The Hall–Kier alpha value is -1.06. The van der Waals surface area contributed by atoms with E-state index in [1.54, 1.807) is 14.2 Å². The smallest absolute Gasteiger partial charge is 0.122 e. The first-order chi connectivity index (χ1) is 6.69. The fourth-order valence-corrected chi connectivity index (χ4v) is 1.37. The monoisotopic (exact) mass is 195 g/mol. The van der Waals surface area contributed by atoms with Crippen molar-refractivity contribution in [3.8, 4) is 5.75 Å². The van der Waals surface area contributed by atoms with Gasteiger partial charge in [0.15, 0.2) is 0 Å². The molecule has 1 rings (SSSR count). The highest BCUT2D eigenvalue weighted by molar-refractivity contribution is 5.42. The van der Waals surface area contributed by atoms with Gasteiger partial charge in [0, 0.05) is 6.54 Å². The van der Waals surface area contributed by atoms with Gasteiger partial charge < -0.3 is 9.57 Å². The van der Waals surface area contributed by atoms with Crippen molar-refractivity contribution in [2.45, 2.75) is 20.4 Å². The molecule has 0 saturated carbocycles. The van der Waals surface area contributed by atoms with E-state index in [0.717, 1.165) is 11.3 Å². The van der Waals surface area contributed by atoms with Gasteiger partial charge in [-0.05, 0) is 36.6 Å². The Kier molecular flexibility index (Phi) is 3.92. The van der Waals surface area contributed by atoms with Crippen molar-refractivity contribution in [1.29, 1.82) is 0 Å². The quantitative estimate of drug-likeness (QED) is 0.745. The summed E-state index contributed by atoms with van der Waals surface area (Å²) in [5.74, 6) is 0.929. The molecule has 0 fully saturated rings. The maximum atomic E-state index is 5.28. The van der Waals surface area contributed by atoms with E-state index < -0.39 is 0 Å². The third-order valence-corrected chi connectivity index (χ3v) is 2.32. The molecule has 1 N–H and O–H groups in total. The van der Waals surface area contributed by atoms with E-state index >= 15 is 0 Å². The molecule has 3 heteroatoms. The zero-order valence-electron chi connectivity index (χ0n) is 9.18. The molecule has 0 aromatic heterocycles. The van der Waals surface area contributed by atoms with Crippen molar-refractivity contribution in [1.82, 2.24) is 5.48 Å². The number of benzene rings is 1. The van der Waals surface area contributed by atoms with Gasteiger partial charge in [0.2, 0.25) is 0 Å². The summed E-state index contributed by atoms with van der Waals surface area (Å²) in [6.07, 6.45) is 0. The van der Waals surface area contributed by atoms with E-state index in [1.165, 1.54) is 11.1 Å². The highest BCUT2D eigenvalue weighted by Gasteiger charge is 2.04. The highest BCUT2D eigenvalue weighted by atomic mass is 16.6. The third kappa shape index (κ3) is 2.47. The summed E-state index contributed by atoms with van der Waals surface area (Å²) in [4.78, 5) is 4.80. The number of methoxy groups -OCH3 is 1. The summed E-state index contributed by atoms with van der Waals surface area (Å²) in [5.41, 5.74) is 6.39. The van der Waals surface area contributed by atoms with Crippen LogP contribution in [0.3, 0.4) is 0 Å². The Morgan fingerprint density at radius 1 is 1.21 bits per heavy atom. The summed E-state index contributed by atoms with van der Waals surface area (Å²) in [6, 6.07) is 4.15. The van der Waals surface area contributed by atoms with Gasteiger partial charge in [-0.1, -0.05) is 6.07 Å². The normalized spacial score (nSPS) is 10.3. The lowest BCUT2D eigenvalue weighted by atomic mass is 10.1. The summed E-state index contributed by atoms with van der Waals surface area (Å²) in [6.45, 7) is 4.82. The van der Waals surface area contributed by atoms with Crippen molar-refractivity contribution in [2.24, 2.45) is 0 Å². The molecule has 0 unspecified atom stereocenters. The largest absolute Gasteiger partial charge is 0.496 e. The standard InChI is InChI=1S/C11H17NO2/c1-8-5-10(7-12-14-4)6-11(13-3)9(8)2/h5-6,12H,7H2,1-4H3. The van der Waals surface area contributed by atoms with Gasteiger partial charge in [-0.2, -0.15) is 5.48 Å². The summed E-state index contributed by atoms with van der Waals surface area (Å²) >= 11 is 0. The number of nitrogens with one attached hydrogen (secondary N) is 1. The van der Waals surface area contributed by atoms with Crippen molar-refractivity contribution in [3.63, 3.8) is 0 Å². The molecule has 0 heterocycles. The molecule has 0 atom stereocenters. The summed E-state index contributed by atoms with van der Waals surface area (Å²) in [5, 5.41) is 0. The molecule has 0 aliphatic rings. The van der Waals surface area contributed by atoms with Gasteiger partial charge in [-0.3, -0.25) is 0 Å². The second-order valence-corrected chi connectivity index (χ2v) is 3.27. The lowest BCUT2D eigenvalue weighted by Crippen LogP contribution is -2.11. The minimum atomic E-state index is 0.688. The number of aryl methyl sites for hydroxylation is 1. The van der Waals surface area contributed by atoms with Gasteiger partial charge in [-0.15, -0.1) is 0 Å². The first-order valence-electron chi connectivity index (χ1n) is 4.59. The molecule has 14 heavy (non-hydrogen) atoms. The van der Waals surface area contributed by atoms with Crippen LogP contribution >= 0.6 is 0 Å². The Morgan fingerprint density at radius 2 is 1.93 bits per heavy atom. The number of rotatable bonds is 4. The molecule has 0 aliphatic carbocycles. The summed E-state index contributed by atoms with van der Waals surface area (Å²) in [7, 11) is 3.30. The van der Waals surface area contributed by atoms with Crippen LogP contribution < -0.4 is 10.2 Å². The number of hydrogen-bond acceptors (Lipinski definition) is 3. The molecule has 0 radical (unpaired) electrons. The topological polar surface area (TPSA) is 30.5 Å².